The zero-order valence-corrected chi connectivity index (χ0v) is 19.4. The van der Waals surface area contributed by atoms with Gasteiger partial charge in [-0.15, -0.1) is 0 Å². The maximum absolute atomic E-state index is 12.9. The number of hydrogen-bond donors (Lipinski definition) is 0. The Morgan fingerprint density at radius 2 is 1.81 bits per heavy atom. The number of aryl methyl sites for hydroxylation is 3. The highest BCUT2D eigenvalue weighted by atomic mass is 16.5. The van der Waals surface area contributed by atoms with Gasteiger partial charge in [-0.05, 0) is 69.7 Å². The predicted octanol–water partition coefficient (Wildman–Crippen LogP) is 6.35. The molecule has 2 aromatic rings. The first kappa shape index (κ1) is 24.8. The minimum atomic E-state index is -0.349. The van der Waals surface area contributed by atoms with Crippen LogP contribution < -0.4 is 4.74 Å². The maximum atomic E-state index is 12.9. The van der Waals surface area contributed by atoms with E-state index in [-0.39, 0.29) is 11.9 Å². The van der Waals surface area contributed by atoms with E-state index in [2.05, 4.69) is 13.0 Å². The molecule has 2 rings (SSSR count). The van der Waals surface area contributed by atoms with E-state index < -0.39 is 0 Å². The lowest BCUT2D eigenvalue weighted by Gasteiger charge is -2.22. The molecular formula is C27H36O4. The summed E-state index contributed by atoms with van der Waals surface area (Å²) < 4.78 is 11.7. The van der Waals surface area contributed by atoms with Crippen molar-refractivity contribution in [1.82, 2.24) is 0 Å². The van der Waals surface area contributed by atoms with Gasteiger partial charge in [0.05, 0.1) is 12.2 Å². The number of rotatable bonds is 13. The second-order valence-electron chi connectivity index (χ2n) is 8.14. The molecule has 0 aliphatic carbocycles. The minimum absolute atomic E-state index is 0.0673. The summed E-state index contributed by atoms with van der Waals surface area (Å²) >= 11 is 0. The van der Waals surface area contributed by atoms with Crippen LogP contribution in [0.2, 0.25) is 0 Å². The summed E-state index contributed by atoms with van der Waals surface area (Å²) in [5.41, 5.74) is 4.81. The highest BCUT2D eigenvalue weighted by Gasteiger charge is 2.21. The number of ether oxygens (including phenoxy) is 2. The van der Waals surface area contributed by atoms with E-state index >= 15 is 0 Å². The minimum Gasteiger partial charge on any atom is -0.422 e. The summed E-state index contributed by atoms with van der Waals surface area (Å²) in [6.07, 6.45) is 6.36. The molecule has 4 nitrogen and oxygen atoms in total. The van der Waals surface area contributed by atoms with E-state index in [0.717, 1.165) is 55.1 Å². The number of hydrogen-bond acceptors (Lipinski definition) is 4. The highest BCUT2D eigenvalue weighted by molar-refractivity contribution is 5.91. The average molecular weight is 425 g/mol. The Hall–Kier alpha value is -2.46. The molecule has 168 valence electrons. The van der Waals surface area contributed by atoms with Crippen LogP contribution in [0, 0.1) is 13.8 Å². The number of carbonyl (C=O) groups excluding carboxylic acids is 2. The standard InChI is InChI=1S/C27H36O4/c1-5-7-10-22-12-14-23(15-13-22)27(29)31-26-21(4)17-20(3)18-25(26)24(19-30-6-2)11-8-9-16-28/h12-18,24H,5-11,19H2,1-4H3. The summed E-state index contributed by atoms with van der Waals surface area (Å²) in [5, 5.41) is 0. The first-order valence-electron chi connectivity index (χ1n) is 11.4. The molecule has 0 amide bonds. The van der Waals surface area contributed by atoms with Gasteiger partial charge in [-0.1, -0.05) is 43.2 Å². The van der Waals surface area contributed by atoms with E-state index in [1.165, 1.54) is 5.56 Å². The first-order valence-corrected chi connectivity index (χ1v) is 11.4. The van der Waals surface area contributed by atoms with Crippen molar-refractivity contribution in [3.05, 3.63) is 64.2 Å². The second-order valence-corrected chi connectivity index (χ2v) is 8.14. The van der Waals surface area contributed by atoms with E-state index in [0.29, 0.717) is 30.9 Å². The molecule has 0 bridgehead atoms. The topological polar surface area (TPSA) is 52.6 Å². The summed E-state index contributed by atoms with van der Waals surface area (Å²) in [7, 11) is 0. The van der Waals surface area contributed by atoms with Gasteiger partial charge in [0.25, 0.3) is 0 Å². The van der Waals surface area contributed by atoms with Crippen LogP contribution in [0.4, 0.5) is 0 Å². The zero-order valence-electron chi connectivity index (χ0n) is 19.4. The summed E-state index contributed by atoms with van der Waals surface area (Å²) in [6, 6.07) is 11.8. The van der Waals surface area contributed by atoms with Crippen LogP contribution in [0.5, 0.6) is 5.75 Å². The molecule has 4 heteroatoms. The van der Waals surface area contributed by atoms with Gasteiger partial charge in [-0.3, -0.25) is 0 Å². The molecule has 0 aliphatic rings. The summed E-state index contributed by atoms with van der Waals surface area (Å²) in [4.78, 5) is 23.7. The molecule has 1 atom stereocenters. The molecule has 0 heterocycles. The molecule has 1 unspecified atom stereocenters. The van der Waals surface area contributed by atoms with Gasteiger partial charge >= 0.3 is 5.97 Å². The van der Waals surface area contributed by atoms with Crippen molar-refractivity contribution in [2.75, 3.05) is 13.2 Å². The molecule has 0 spiro atoms. The fraction of sp³-hybridized carbons (Fsp3) is 0.481. The fourth-order valence-corrected chi connectivity index (χ4v) is 3.81. The third-order valence-electron chi connectivity index (χ3n) is 5.49. The fourth-order valence-electron chi connectivity index (χ4n) is 3.81. The molecular weight excluding hydrogens is 388 g/mol. The molecule has 31 heavy (non-hydrogen) atoms. The molecule has 0 aromatic heterocycles. The van der Waals surface area contributed by atoms with Crippen LogP contribution in [0.1, 0.15) is 84.5 Å². The van der Waals surface area contributed by atoms with Gasteiger partial charge in [0.15, 0.2) is 0 Å². The Bertz CT molecular complexity index is 839. The Labute approximate surface area is 187 Å². The molecule has 0 saturated heterocycles. The number of carbonyl (C=O) groups is 2. The van der Waals surface area contributed by atoms with Crippen molar-refractivity contribution in [2.45, 2.75) is 72.1 Å². The molecule has 0 N–H and O–H groups in total. The molecule has 0 fully saturated rings. The normalized spacial score (nSPS) is 11.9. The van der Waals surface area contributed by atoms with Crippen molar-refractivity contribution in [2.24, 2.45) is 0 Å². The Morgan fingerprint density at radius 1 is 1.06 bits per heavy atom. The van der Waals surface area contributed by atoms with Crippen molar-refractivity contribution < 1.29 is 19.1 Å². The van der Waals surface area contributed by atoms with Gasteiger partial charge in [0, 0.05) is 24.5 Å². The Morgan fingerprint density at radius 3 is 2.45 bits per heavy atom. The van der Waals surface area contributed by atoms with Crippen LogP contribution in [0.3, 0.4) is 0 Å². The van der Waals surface area contributed by atoms with Crippen molar-refractivity contribution in [1.29, 1.82) is 0 Å². The second kappa shape index (κ2) is 13.1. The number of unbranched alkanes of at least 4 members (excludes halogenated alkanes) is 2. The van der Waals surface area contributed by atoms with Crippen molar-refractivity contribution in [3.63, 3.8) is 0 Å². The van der Waals surface area contributed by atoms with Crippen LogP contribution >= 0.6 is 0 Å². The lowest BCUT2D eigenvalue weighted by Crippen LogP contribution is -2.15. The van der Waals surface area contributed by atoms with Gasteiger partial charge in [-0.2, -0.15) is 0 Å². The average Bonchev–Trinajstić information content (AvgIpc) is 2.76. The van der Waals surface area contributed by atoms with Crippen molar-refractivity contribution in [3.8, 4) is 5.75 Å². The van der Waals surface area contributed by atoms with Gasteiger partial charge in [0.2, 0.25) is 0 Å². The van der Waals surface area contributed by atoms with E-state index in [1.807, 2.05) is 51.1 Å². The smallest absolute Gasteiger partial charge is 0.343 e. The maximum Gasteiger partial charge on any atom is 0.343 e. The highest BCUT2D eigenvalue weighted by Crippen LogP contribution is 2.35. The molecule has 0 aliphatic heterocycles. The lowest BCUT2D eigenvalue weighted by atomic mass is 9.90. The third-order valence-corrected chi connectivity index (χ3v) is 5.49. The number of esters is 1. The zero-order chi connectivity index (χ0) is 22.6. The lowest BCUT2D eigenvalue weighted by molar-refractivity contribution is -0.108. The summed E-state index contributed by atoms with van der Waals surface area (Å²) in [5.74, 6) is 0.331. The van der Waals surface area contributed by atoms with Crippen LogP contribution in [-0.2, 0) is 16.0 Å². The van der Waals surface area contributed by atoms with Crippen LogP contribution in [-0.4, -0.2) is 25.5 Å². The SMILES string of the molecule is CCCCc1ccc(C(=O)Oc2c(C)cc(C)cc2C(CCCC=O)COCC)cc1. The van der Waals surface area contributed by atoms with Crippen LogP contribution in [0.25, 0.3) is 0 Å². The quantitative estimate of drug-likeness (QED) is 0.163. The van der Waals surface area contributed by atoms with Crippen molar-refractivity contribution >= 4 is 12.3 Å². The first-order chi connectivity index (χ1) is 15.0. The van der Waals surface area contributed by atoms with E-state index in [9.17, 15) is 9.59 Å². The molecule has 0 radical (unpaired) electrons. The van der Waals surface area contributed by atoms with Gasteiger partial charge in [0.1, 0.15) is 12.0 Å². The van der Waals surface area contributed by atoms with Gasteiger partial charge in [-0.25, -0.2) is 4.79 Å². The van der Waals surface area contributed by atoms with Crippen LogP contribution in [0.15, 0.2) is 36.4 Å². The van der Waals surface area contributed by atoms with Gasteiger partial charge < -0.3 is 14.3 Å². The van der Waals surface area contributed by atoms with E-state index in [4.69, 9.17) is 9.47 Å². The predicted molar refractivity (Wildman–Crippen MR) is 125 cm³/mol. The third kappa shape index (κ3) is 7.62. The number of aldehydes is 1. The molecule has 0 saturated carbocycles. The number of benzene rings is 2. The summed E-state index contributed by atoms with van der Waals surface area (Å²) in [6.45, 7) is 9.31. The van der Waals surface area contributed by atoms with E-state index in [1.54, 1.807) is 0 Å². The Kier molecular flexibility index (Phi) is 10.5. The Balaban J connectivity index is 2.27. The largest absolute Gasteiger partial charge is 0.422 e. The molecule has 2 aromatic carbocycles. The monoisotopic (exact) mass is 424 g/mol.